The number of benzene rings is 2. The van der Waals surface area contributed by atoms with Crippen molar-refractivity contribution in [2.24, 2.45) is 5.92 Å². The first kappa shape index (κ1) is 26.3. The summed E-state index contributed by atoms with van der Waals surface area (Å²) in [7, 11) is 1.25. The van der Waals surface area contributed by atoms with Crippen molar-refractivity contribution in [3.05, 3.63) is 65.7 Å². The normalized spacial score (nSPS) is 14.4. The third-order valence-corrected chi connectivity index (χ3v) is 5.96. The zero-order valence-electron chi connectivity index (χ0n) is 19.2. The Morgan fingerprint density at radius 1 is 0.939 bits per heavy atom. The van der Waals surface area contributed by atoms with Gasteiger partial charge in [0.1, 0.15) is 17.8 Å². The Morgan fingerprint density at radius 3 is 2.12 bits per heavy atom. The molecule has 0 heterocycles. The molecule has 0 radical (unpaired) electrons. The van der Waals surface area contributed by atoms with E-state index in [1.807, 2.05) is 44.2 Å². The van der Waals surface area contributed by atoms with Gasteiger partial charge in [-0.3, -0.25) is 9.59 Å². The van der Waals surface area contributed by atoms with E-state index in [9.17, 15) is 19.5 Å². The van der Waals surface area contributed by atoms with E-state index < -0.39 is 29.2 Å². The number of methoxy groups -OCH3 is 1. The molecule has 7 nitrogen and oxygen atoms in total. The summed E-state index contributed by atoms with van der Waals surface area (Å²) >= 11 is 4.43. The van der Waals surface area contributed by atoms with Crippen LogP contribution < -0.4 is 10.6 Å². The minimum atomic E-state index is -0.938. The van der Waals surface area contributed by atoms with Crippen molar-refractivity contribution in [2.45, 2.75) is 50.4 Å². The molecule has 0 fully saturated rings. The molecule has 178 valence electrons. The number of phenolic OH excluding ortho intramolecular Hbond substituents is 1. The van der Waals surface area contributed by atoms with Gasteiger partial charge in [-0.25, -0.2) is 4.79 Å². The molecule has 2 rings (SSSR count). The van der Waals surface area contributed by atoms with Gasteiger partial charge in [0.25, 0.3) is 0 Å². The minimum absolute atomic E-state index is 0.105. The summed E-state index contributed by atoms with van der Waals surface area (Å²) in [5, 5.41) is 14.4. The van der Waals surface area contributed by atoms with Gasteiger partial charge in [0.15, 0.2) is 0 Å². The SMILES string of the molecule is CC[C@H](C)[C@H](NC(=O)C(S)Cc1ccccc1)C(=O)N[C@@H](Cc1ccc(O)cc1)C(=O)OC. The number of thiol groups is 1. The van der Waals surface area contributed by atoms with Gasteiger partial charge in [-0.15, -0.1) is 0 Å². The number of rotatable bonds is 11. The van der Waals surface area contributed by atoms with Gasteiger partial charge in [0, 0.05) is 6.42 Å². The zero-order chi connectivity index (χ0) is 24.4. The first-order chi connectivity index (χ1) is 15.7. The van der Waals surface area contributed by atoms with E-state index in [1.54, 1.807) is 12.1 Å². The van der Waals surface area contributed by atoms with Gasteiger partial charge in [-0.05, 0) is 35.6 Å². The van der Waals surface area contributed by atoms with Crippen LogP contribution >= 0.6 is 12.6 Å². The maximum atomic E-state index is 13.1. The Balaban J connectivity index is 2.10. The van der Waals surface area contributed by atoms with Crippen LogP contribution in [0.1, 0.15) is 31.4 Å². The van der Waals surface area contributed by atoms with Crippen LogP contribution in [0.25, 0.3) is 0 Å². The first-order valence-corrected chi connectivity index (χ1v) is 11.4. The van der Waals surface area contributed by atoms with Crippen molar-refractivity contribution >= 4 is 30.4 Å². The molecule has 2 amide bonds. The fraction of sp³-hybridized carbons (Fsp3) is 0.400. The molecular weight excluding hydrogens is 440 g/mol. The molecule has 8 heteroatoms. The number of hydrogen-bond donors (Lipinski definition) is 4. The summed E-state index contributed by atoms with van der Waals surface area (Å²) in [4.78, 5) is 38.3. The lowest BCUT2D eigenvalue weighted by Crippen LogP contribution is -2.55. The third kappa shape index (κ3) is 8.13. The summed E-state index contributed by atoms with van der Waals surface area (Å²) in [6.45, 7) is 3.79. The number of nitrogens with one attached hydrogen (secondary N) is 2. The van der Waals surface area contributed by atoms with E-state index in [0.717, 1.165) is 11.1 Å². The first-order valence-electron chi connectivity index (χ1n) is 10.9. The van der Waals surface area contributed by atoms with Crippen LogP contribution in [0.2, 0.25) is 0 Å². The fourth-order valence-corrected chi connectivity index (χ4v) is 3.63. The maximum absolute atomic E-state index is 13.1. The van der Waals surface area contributed by atoms with Crippen LogP contribution in [0.3, 0.4) is 0 Å². The van der Waals surface area contributed by atoms with Crippen LogP contribution in [-0.2, 0) is 32.0 Å². The van der Waals surface area contributed by atoms with Crippen molar-refractivity contribution in [2.75, 3.05) is 7.11 Å². The highest BCUT2D eigenvalue weighted by molar-refractivity contribution is 7.81. The summed E-state index contributed by atoms with van der Waals surface area (Å²) in [5.74, 6) is -1.48. The molecule has 0 saturated heterocycles. The second-order valence-electron chi connectivity index (χ2n) is 8.03. The van der Waals surface area contributed by atoms with Crippen molar-refractivity contribution in [3.8, 4) is 5.75 Å². The Morgan fingerprint density at radius 2 is 1.55 bits per heavy atom. The Kier molecular flexibility index (Phi) is 10.3. The summed E-state index contributed by atoms with van der Waals surface area (Å²) in [6.07, 6.45) is 1.26. The predicted molar refractivity (Wildman–Crippen MR) is 130 cm³/mol. The molecule has 33 heavy (non-hydrogen) atoms. The molecule has 0 aliphatic carbocycles. The Bertz CT molecular complexity index is 920. The molecule has 0 spiro atoms. The Hall–Kier alpha value is -3.00. The van der Waals surface area contributed by atoms with E-state index in [-0.39, 0.29) is 24.0 Å². The highest BCUT2D eigenvalue weighted by atomic mass is 32.1. The number of carbonyl (C=O) groups is 3. The fourth-order valence-electron chi connectivity index (χ4n) is 3.35. The van der Waals surface area contributed by atoms with Crippen LogP contribution in [-0.4, -0.2) is 47.3 Å². The van der Waals surface area contributed by atoms with Crippen LogP contribution in [0, 0.1) is 5.92 Å². The highest BCUT2D eigenvalue weighted by Crippen LogP contribution is 2.14. The lowest BCUT2D eigenvalue weighted by Gasteiger charge is -2.27. The summed E-state index contributed by atoms with van der Waals surface area (Å²) in [5.41, 5.74) is 1.71. The number of ether oxygens (including phenoxy) is 1. The largest absolute Gasteiger partial charge is 0.508 e. The molecule has 0 aliphatic rings. The molecule has 0 aliphatic heterocycles. The summed E-state index contributed by atoms with van der Waals surface area (Å²) in [6, 6.07) is 14.1. The van der Waals surface area contributed by atoms with Crippen molar-refractivity contribution in [1.29, 1.82) is 0 Å². The van der Waals surface area contributed by atoms with Gasteiger partial charge in [-0.2, -0.15) is 12.6 Å². The van der Waals surface area contributed by atoms with Gasteiger partial charge < -0.3 is 20.5 Å². The number of esters is 1. The number of amides is 2. The molecule has 2 aromatic carbocycles. The maximum Gasteiger partial charge on any atom is 0.328 e. The molecule has 0 aromatic heterocycles. The van der Waals surface area contributed by atoms with E-state index in [0.29, 0.717) is 12.8 Å². The lowest BCUT2D eigenvalue weighted by atomic mass is 9.97. The van der Waals surface area contributed by atoms with E-state index in [4.69, 9.17) is 4.74 Å². The molecule has 2 aromatic rings. The van der Waals surface area contributed by atoms with Crippen LogP contribution in [0.4, 0.5) is 0 Å². The average Bonchev–Trinajstić information content (AvgIpc) is 2.82. The quantitative estimate of drug-likeness (QED) is 0.297. The van der Waals surface area contributed by atoms with Gasteiger partial charge in [0.2, 0.25) is 11.8 Å². The van der Waals surface area contributed by atoms with Crippen molar-refractivity contribution < 1.29 is 24.2 Å². The zero-order valence-corrected chi connectivity index (χ0v) is 20.0. The molecule has 3 N–H and O–H groups in total. The van der Waals surface area contributed by atoms with Gasteiger partial charge >= 0.3 is 5.97 Å². The van der Waals surface area contributed by atoms with Gasteiger partial charge in [0.05, 0.1) is 12.4 Å². The van der Waals surface area contributed by atoms with Crippen molar-refractivity contribution in [1.82, 2.24) is 10.6 Å². The molecule has 4 atom stereocenters. The third-order valence-electron chi connectivity index (χ3n) is 5.55. The molecule has 1 unspecified atom stereocenters. The van der Waals surface area contributed by atoms with Crippen LogP contribution in [0.5, 0.6) is 5.75 Å². The Labute approximate surface area is 200 Å². The number of hydrogen-bond acceptors (Lipinski definition) is 6. The number of phenols is 1. The molecule has 0 bridgehead atoms. The molecular formula is C25H32N2O5S. The highest BCUT2D eigenvalue weighted by Gasteiger charge is 2.31. The molecule has 0 saturated carbocycles. The van der Waals surface area contributed by atoms with E-state index >= 15 is 0 Å². The van der Waals surface area contributed by atoms with Crippen molar-refractivity contribution in [3.63, 3.8) is 0 Å². The summed E-state index contributed by atoms with van der Waals surface area (Å²) < 4.78 is 4.86. The second-order valence-corrected chi connectivity index (χ2v) is 8.66. The minimum Gasteiger partial charge on any atom is -0.508 e. The topological polar surface area (TPSA) is 105 Å². The standard InChI is InChI=1S/C25H32N2O5S/c1-4-16(2)22(27-23(29)21(33)15-17-8-6-5-7-9-17)24(30)26-20(25(31)32-3)14-18-10-12-19(28)13-11-18/h5-13,16,20-22,28,33H,4,14-15H2,1-3H3,(H,26,30)(H,27,29)/t16-,20-,21?,22-/m0/s1. The monoisotopic (exact) mass is 472 g/mol. The van der Waals surface area contributed by atoms with E-state index in [1.165, 1.54) is 19.2 Å². The average molecular weight is 473 g/mol. The lowest BCUT2D eigenvalue weighted by molar-refractivity contribution is -0.145. The van der Waals surface area contributed by atoms with Gasteiger partial charge in [-0.1, -0.05) is 62.7 Å². The van der Waals surface area contributed by atoms with E-state index in [2.05, 4.69) is 23.3 Å². The number of carbonyl (C=O) groups excluding carboxylic acids is 3. The second kappa shape index (κ2) is 12.9. The smallest absolute Gasteiger partial charge is 0.328 e. The predicted octanol–water partition coefficient (Wildman–Crippen LogP) is 2.66. The number of aromatic hydroxyl groups is 1. The van der Waals surface area contributed by atoms with Crippen LogP contribution in [0.15, 0.2) is 54.6 Å².